The number of nitrogens with zero attached hydrogens (tertiary/aromatic N) is 1. The number of hydrogen-bond donors (Lipinski definition) is 0. The van der Waals surface area contributed by atoms with Gasteiger partial charge in [0.15, 0.2) is 0 Å². The molecular weight excluding hydrogens is 294 g/mol. The lowest BCUT2D eigenvalue weighted by molar-refractivity contribution is 0.181. The Morgan fingerprint density at radius 3 is 2.10 bits per heavy atom. The van der Waals surface area contributed by atoms with Crippen LogP contribution in [0.15, 0.2) is 0 Å². The molecule has 116 valence electrons. The maximum atomic E-state index is 12.2. The van der Waals surface area contributed by atoms with Crippen molar-refractivity contribution in [2.24, 2.45) is 0 Å². The highest BCUT2D eigenvalue weighted by Gasteiger charge is 2.31. The number of carbonyl (C=O) groups is 2. The molecule has 20 heavy (non-hydrogen) atoms. The standard InChI is InChI=1S/C14H25NO3S2/c1-4-15(5-2)13(16)19-11-9-7-8-10-12(11)20-14(17)18-6-3/h11-12H,4-10H2,1-3H3. The van der Waals surface area contributed by atoms with Crippen molar-refractivity contribution >= 4 is 34.1 Å². The molecule has 0 heterocycles. The van der Waals surface area contributed by atoms with Gasteiger partial charge < -0.3 is 9.64 Å². The van der Waals surface area contributed by atoms with Crippen molar-refractivity contribution in [2.75, 3.05) is 19.7 Å². The number of amides is 1. The van der Waals surface area contributed by atoms with Gasteiger partial charge in [-0.05, 0) is 45.4 Å². The summed E-state index contributed by atoms with van der Waals surface area (Å²) in [4.78, 5) is 25.7. The molecule has 0 saturated heterocycles. The molecule has 1 saturated carbocycles. The van der Waals surface area contributed by atoms with Crippen LogP contribution in [0.5, 0.6) is 0 Å². The van der Waals surface area contributed by atoms with Crippen LogP contribution in [-0.4, -0.2) is 45.6 Å². The third-order valence-corrected chi connectivity index (χ3v) is 6.10. The van der Waals surface area contributed by atoms with Gasteiger partial charge in [0.1, 0.15) is 0 Å². The van der Waals surface area contributed by atoms with Gasteiger partial charge in [-0.3, -0.25) is 4.79 Å². The van der Waals surface area contributed by atoms with E-state index < -0.39 is 0 Å². The molecule has 0 spiro atoms. The van der Waals surface area contributed by atoms with E-state index in [9.17, 15) is 9.59 Å². The Bertz CT molecular complexity index is 322. The second-order valence-corrected chi connectivity index (χ2v) is 7.08. The van der Waals surface area contributed by atoms with Crippen LogP contribution in [0, 0.1) is 0 Å². The van der Waals surface area contributed by atoms with Crippen molar-refractivity contribution in [3.63, 3.8) is 0 Å². The average molecular weight is 319 g/mol. The zero-order chi connectivity index (χ0) is 15.0. The minimum atomic E-state index is -0.208. The quantitative estimate of drug-likeness (QED) is 0.704. The van der Waals surface area contributed by atoms with E-state index in [1.807, 2.05) is 25.7 Å². The monoisotopic (exact) mass is 319 g/mol. The molecule has 1 rings (SSSR count). The zero-order valence-corrected chi connectivity index (χ0v) is 14.2. The second-order valence-electron chi connectivity index (χ2n) is 4.72. The second kappa shape index (κ2) is 9.55. The van der Waals surface area contributed by atoms with E-state index in [0.29, 0.717) is 6.61 Å². The first-order valence-electron chi connectivity index (χ1n) is 7.41. The first-order chi connectivity index (χ1) is 9.62. The van der Waals surface area contributed by atoms with Crippen molar-refractivity contribution < 1.29 is 14.3 Å². The fraction of sp³-hybridized carbons (Fsp3) is 0.857. The molecule has 2 atom stereocenters. The SMILES string of the molecule is CCOC(=O)SC1CCCCC1SC(=O)N(CC)CC. The first kappa shape index (κ1) is 17.7. The maximum Gasteiger partial charge on any atom is 0.367 e. The van der Waals surface area contributed by atoms with Gasteiger partial charge in [-0.1, -0.05) is 24.6 Å². The van der Waals surface area contributed by atoms with Gasteiger partial charge in [-0.25, -0.2) is 4.79 Å². The lowest BCUT2D eigenvalue weighted by Gasteiger charge is -2.30. The lowest BCUT2D eigenvalue weighted by atomic mass is 10.00. The van der Waals surface area contributed by atoms with Crippen LogP contribution in [0.3, 0.4) is 0 Å². The maximum absolute atomic E-state index is 12.2. The molecule has 1 amide bonds. The molecule has 0 bridgehead atoms. The fourth-order valence-electron chi connectivity index (χ4n) is 2.29. The Kier molecular flexibility index (Phi) is 8.45. The molecule has 0 aromatic rings. The predicted molar refractivity (Wildman–Crippen MR) is 86.6 cm³/mol. The minimum Gasteiger partial charge on any atom is -0.458 e. The van der Waals surface area contributed by atoms with Crippen molar-refractivity contribution in [3.05, 3.63) is 0 Å². The van der Waals surface area contributed by atoms with Crippen LogP contribution in [-0.2, 0) is 4.74 Å². The third kappa shape index (κ3) is 5.56. The topological polar surface area (TPSA) is 46.6 Å². The molecule has 0 aromatic heterocycles. The number of rotatable bonds is 5. The van der Waals surface area contributed by atoms with Crippen molar-refractivity contribution in [2.45, 2.75) is 57.0 Å². The molecule has 0 aromatic carbocycles. The minimum absolute atomic E-state index is 0.136. The number of hydrogen-bond acceptors (Lipinski definition) is 5. The van der Waals surface area contributed by atoms with Crippen LogP contribution >= 0.6 is 23.5 Å². The molecular formula is C14H25NO3S2. The summed E-state index contributed by atoms with van der Waals surface area (Å²) in [6, 6.07) is 0. The number of thioether (sulfide) groups is 2. The van der Waals surface area contributed by atoms with Gasteiger partial charge in [-0.15, -0.1) is 0 Å². The van der Waals surface area contributed by atoms with E-state index in [4.69, 9.17) is 4.74 Å². The van der Waals surface area contributed by atoms with E-state index in [1.165, 1.54) is 23.5 Å². The number of ether oxygens (including phenoxy) is 1. The Balaban J connectivity index is 2.55. The largest absolute Gasteiger partial charge is 0.458 e. The van der Waals surface area contributed by atoms with Crippen molar-refractivity contribution in [1.82, 2.24) is 4.90 Å². The summed E-state index contributed by atoms with van der Waals surface area (Å²) in [6.07, 6.45) is 4.28. The Morgan fingerprint density at radius 2 is 1.60 bits per heavy atom. The predicted octanol–water partition coefficient (Wildman–Crippen LogP) is 4.38. The Hall–Kier alpha value is -0.360. The highest BCUT2D eigenvalue weighted by molar-refractivity contribution is 8.17. The summed E-state index contributed by atoms with van der Waals surface area (Å²) < 4.78 is 5.01. The summed E-state index contributed by atoms with van der Waals surface area (Å²) in [5.74, 6) is 0. The van der Waals surface area contributed by atoms with E-state index in [1.54, 1.807) is 0 Å². The van der Waals surface area contributed by atoms with E-state index >= 15 is 0 Å². The molecule has 6 heteroatoms. The van der Waals surface area contributed by atoms with E-state index in [0.717, 1.165) is 38.8 Å². The summed E-state index contributed by atoms with van der Waals surface area (Å²) >= 11 is 2.67. The van der Waals surface area contributed by atoms with Gasteiger partial charge in [0.05, 0.1) is 6.61 Å². The molecule has 0 N–H and O–H groups in total. The van der Waals surface area contributed by atoms with Gasteiger partial charge >= 0.3 is 5.30 Å². The third-order valence-electron chi connectivity index (χ3n) is 3.43. The van der Waals surface area contributed by atoms with Crippen molar-refractivity contribution in [3.8, 4) is 0 Å². The van der Waals surface area contributed by atoms with Crippen LogP contribution < -0.4 is 0 Å². The zero-order valence-electron chi connectivity index (χ0n) is 12.6. The Labute approximate surface area is 130 Å². The van der Waals surface area contributed by atoms with Crippen LogP contribution in [0.4, 0.5) is 9.59 Å². The molecule has 0 aliphatic heterocycles. The molecule has 2 unspecified atom stereocenters. The van der Waals surface area contributed by atoms with Crippen LogP contribution in [0.1, 0.15) is 46.5 Å². The van der Waals surface area contributed by atoms with Gasteiger partial charge in [0.2, 0.25) is 0 Å². The molecule has 1 aliphatic carbocycles. The van der Waals surface area contributed by atoms with Crippen LogP contribution in [0.2, 0.25) is 0 Å². The highest BCUT2D eigenvalue weighted by atomic mass is 32.2. The number of carbonyl (C=O) groups excluding carboxylic acids is 2. The summed E-state index contributed by atoms with van der Waals surface area (Å²) in [5, 5.41) is 0.357. The van der Waals surface area contributed by atoms with E-state index in [-0.39, 0.29) is 21.0 Å². The molecule has 1 aliphatic rings. The smallest absolute Gasteiger partial charge is 0.367 e. The lowest BCUT2D eigenvalue weighted by Crippen LogP contribution is -2.33. The molecule has 1 fully saturated rings. The van der Waals surface area contributed by atoms with E-state index in [2.05, 4.69) is 0 Å². The summed E-state index contributed by atoms with van der Waals surface area (Å²) in [7, 11) is 0. The van der Waals surface area contributed by atoms with Gasteiger partial charge in [0, 0.05) is 23.6 Å². The fourth-order valence-corrected chi connectivity index (χ4v) is 4.87. The van der Waals surface area contributed by atoms with Crippen molar-refractivity contribution in [1.29, 1.82) is 0 Å². The van der Waals surface area contributed by atoms with Gasteiger partial charge in [0.25, 0.3) is 5.24 Å². The normalized spacial score (nSPS) is 22.4. The summed E-state index contributed by atoms with van der Waals surface area (Å²) in [5.41, 5.74) is 0. The molecule has 0 radical (unpaired) electrons. The average Bonchev–Trinajstić information content (AvgIpc) is 2.42. The first-order valence-corrected chi connectivity index (χ1v) is 9.17. The Morgan fingerprint density at radius 1 is 1.05 bits per heavy atom. The molecule has 4 nitrogen and oxygen atoms in total. The highest BCUT2D eigenvalue weighted by Crippen LogP contribution is 2.37. The van der Waals surface area contributed by atoms with Crippen LogP contribution in [0.25, 0.3) is 0 Å². The van der Waals surface area contributed by atoms with Gasteiger partial charge in [-0.2, -0.15) is 0 Å². The summed E-state index contributed by atoms with van der Waals surface area (Å²) in [6.45, 7) is 7.70.